The second kappa shape index (κ2) is 9.78. The number of ether oxygens (including phenoxy) is 2. The monoisotopic (exact) mass is 382 g/mol. The van der Waals surface area contributed by atoms with E-state index in [0.29, 0.717) is 18.8 Å². The minimum Gasteiger partial charge on any atom is -0.494 e. The van der Waals surface area contributed by atoms with Crippen LogP contribution in [-0.4, -0.2) is 18.4 Å². The zero-order valence-corrected chi connectivity index (χ0v) is 16.1. The van der Waals surface area contributed by atoms with Gasteiger partial charge in [0.25, 0.3) is 5.91 Å². The van der Waals surface area contributed by atoms with Crippen LogP contribution in [0.3, 0.4) is 0 Å². The number of hydrogen-bond donors (Lipinski definition) is 2. The molecule has 0 bridgehead atoms. The Morgan fingerprint density at radius 1 is 0.893 bits per heavy atom. The van der Waals surface area contributed by atoms with Gasteiger partial charge in [0, 0.05) is 11.5 Å². The zero-order chi connectivity index (χ0) is 19.8. The van der Waals surface area contributed by atoms with E-state index in [4.69, 9.17) is 9.47 Å². The van der Waals surface area contributed by atoms with Crippen molar-refractivity contribution in [2.24, 2.45) is 5.92 Å². The van der Waals surface area contributed by atoms with E-state index in [2.05, 4.69) is 10.9 Å². The maximum atomic E-state index is 12.2. The highest BCUT2D eigenvalue weighted by molar-refractivity contribution is 5.95. The summed E-state index contributed by atoms with van der Waals surface area (Å²) in [7, 11) is 0. The van der Waals surface area contributed by atoms with E-state index in [9.17, 15) is 9.59 Å². The minimum atomic E-state index is -0.328. The molecule has 2 aromatic rings. The van der Waals surface area contributed by atoms with Crippen LogP contribution in [0.15, 0.2) is 48.5 Å². The first kappa shape index (κ1) is 19.7. The minimum absolute atomic E-state index is 0.0161. The van der Waals surface area contributed by atoms with Gasteiger partial charge < -0.3 is 9.47 Å². The van der Waals surface area contributed by atoms with Gasteiger partial charge in [0.15, 0.2) is 0 Å². The summed E-state index contributed by atoms with van der Waals surface area (Å²) in [4.78, 5) is 24.1. The van der Waals surface area contributed by atoms with Gasteiger partial charge >= 0.3 is 0 Å². The molecule has 0 unspecified atom stereocenters. The van der Waals surface area contributed by atoms with Gasteiger partial charge in [-0.1, -0.05) is 25.0 Å². The SMILES string of the molecule is CCOc1ccc(OCc2ccc(C(=O)NNC(=O)C3CCCC3)cc2)cc1. The highest BCUT2D eigenvalue weighted by Crippen LogP contribution is 2.24. The predicted octanol–water partition coefficient (Wildman–Crippen LogP) is 3.62. The summed E-state index contributed by atoms with van der Waals surface area (Å²) in [5.41, 5.74) is 6.44. The molecule has 1 fully saturated rings. The van der Waals surface area contributed by atoms with E-state index in [1.165, 1.54) is 0 Å². The number of amides is 2. The lowest BCUT2D eigenvalue weighted by molar-refractivity contribution is -0.125. The fourth-order valence-corrected chi connectivity index (χ4v) is 3.20. The van der Waals surface area contributed by atoms with Crippen molar-refractivity contribution in [1.29, 1.82) is 0 Å². The smallest absolute Gasteiger partial charge is 0.269 e. The van der Waals surface area contributed by atoms with Crippen molar-refractivity contribution >= 4 is 11.8 Å². The summed E-state index contributed by atoms with van der Waals surface area (Å²) < 4.78 is 11.2. The van der Waals surface area contributed by atoms with Crippen LogP contribution < -0.4 is 20.3 Å². The molecule has 0 heterocycles. The number of carbonyl (C=O) groups is 2. The van der Waals surface area contributed by atoms with Crippen LogP contribution in [0, 0.1) is 5.92 Å². The molecule has 0 saturated heterocycles. The van der Waals surface area contributed by atoms with Crippen LogP contribution >= 0.6 is 0 Å². The van der Waals surface area contributed by atoms with Crippen LogP contribution in [0.25, 0.3) is 0 Å². The van der Waals surface area contributed by atoms with Gasteiger partial charge in [-0.15, -0.1) is 0 Å². The molecule has 28 heavy (non-hydrogen) atoms. The molecule has 0 aromatic heterocycles. The Labute approximate surface area is 165 Å². The third-order valence-corrected chi connectivity index (χ3v) is 4.78. The summed E-state index contributed by atoms with van der Waals surface area (Å²) in [6.07, 6.45) is 3.94. The Kier molecular flexibility index (Phi) is 6.89. The third-order valence-electron chi connectivity index (χ3n) is 4.78. The largest absolute Gasteiger partial charge is 0.494 e. The highest BCUT2D eigenvalue weighted by Gasteiger charge is 2.22. The quantitative estimate of drug-likeness (QED) is 0.717. The van der Waals surface area contributed by atoms with Crippen LogP contribution in [0.1, 0.15) is 48.5 Å². The van der Waals surface area contributed by atoms with Crippen molar-refractivity contribution in [1.82, 2.24) is 10.9 Å². The molecule has 1 saturated carbocycles. The van der Waals surface area contributed by atoms with Gasteiger partial charge in [0.05, 0.1) is 6.61 Å². The van der Waals surface area contributed by atoms with Crippen molar-refractivity contribution in [2.45, 2.75) is 39.2 Å². The maximum absolute atomic E-state index is 12.2. The molecule has 0 atom stereocenters. The van der Waals surface area contributed by atoms with Crippen molar-refractivity contribution in [3.63, 3.8) is 0 Å². The first-order chi connectivity index (χ1) is 13.7. The van der Waals surface area contributed by atoms with Crippen LogP contribution in [0.4, 0.5) is 0 Å². The van der Waals surface area contributed by atoms with Gasteiger partial charge in [-0.3, -0.25) is 20.4 Å². The van der Waals surface area contributed by atoms with E-state index in [-0.39, 0.29) is 17.7 Å². The molecule has 2 amide bonds. The fourth-order valence-electron chi connectivity index (χ4n) is 3.20. The summed E-state index contributed by atoms with van der Waals surface area (Å²) in [5, 5.41) is 0. The lowest BCUT2D eigenvalue weighted by atomic mass is 10.1. The highest BCUT2D eigenvalue weighted by atomic mass is 16.5. The molecule has 0 radical (unpaired) electrons. The number of benzene rings is 2. The lowest BCUT2D eigenvalue weighted by Gasteiger charge is -2.12. The van der Waals surface area contributed by atoms with Crippen LogP contribution in [-0.2, 0) is 11.4 Å². The molecule has 6 heteroatoms. The van der Waals surface area contributed by atoms with Gasteiger partial charge in [-0.05, 0) is 61.7 Å². The number of hydrogen-bond acceptors (Lipinski definition) is 4. The molecule has 0 spiro atoms. The van der Waals surface area contributed by atoms with Crippen molar-refractivity contribution < 1.29 is 19.1 Å². The Bertz CT molecular complexity index is 781. The van der Waals surface area contributed by atoms with Crippen LogP contribution in [0.2, 0.25) is 0 Å². The van der Waals surface area contributed by atoms with Gasteiger partial charge in [-0.2, -0.15) is 0 Å². The summed E-state index contributed by atoms with van der Waals surface area (Å²) in [5.74, 6) is 1.14. The average molecular weight is 382 g/mol. The molecule has 3 rings (SSSR count). The molecule has 148 valence electrons. The molecule has 0 aliphatic heterocycles. The molecular formula is C22H26N2O4. The zero-order valence-electron chi connectivity index (χ0n) is 16.1. The van der Waals surface area contributed by atoms with Gasteiger partial charge in [0.2, 0.25) is 5.91 Å². The molecule has 6 nitrogen and oxygen atoms in total. The number of rotatable bonds is 7. The predicted molar refractivity (Wildman–Crippen MR) is 106 cm³/mol. The van der Waals surface area contributed by atoms with E-state index in [1.807, 2.05) is 43.3 Å². The summed E-state index contributed by atoms with van der Waals surface area (Å²) >= 11 is 0. The lowest BCUT2D eigenvalue weighted by Crippen LogP contribution is -2.44. The normalized spacial score (nSPS) is 13.8. The van der Waals surface area contributed by atoms with Crippen LogP contribution in [0.5, 0.6) is 11.5 Å². The summed E-state index contributed by atoms with van der Waals surface area (Å²) in [6.45, 7) is 2.97. The van der Waals surface area contributed by atoms with E-state index >= 15 is 0 Å². The topological polar surface area (TPSA) is 76.7 Å². The Hall–Kier alpha value is -3.02. The Morgan fingerprint density at radius 3 is 2.11 bits per heavy atom. The fraction of sp³-hybridized carbons (Fsp3) is 0.364. The van der Waals surface area contributed by atoms with Gasteiger partial charge in [0.1, 0.15) is 18.1 Å². The maximum Gasteiger partial charge on any atom is 0.269 e. The van der Waals surface area contributed by atoms with E-state index in [1.54, 1.807) is 12.1 Å². The van der Waals surface area contributed by atoms with Crippen molar-refractivity contribution in [3.8, 4) is 11.5 Å². The van der Waals surface area contributed by atoms with E-state index in [0.717, 1.165) is 42.7 Å². The van der Waals surface area contributed by atoms with E-state index < -0.39 is 0 Å². The first-order valence-corrected chi connectivity index (χ1v) is 9.70. The third kappa shape index (κ3) is 5.49. The second-order valence-electron chi connectivity index (χ2n) is 6.81. The Balaban J connectivity index is 1.45. The van der Waals surface area contributed by atoms with Crippen molar-refractivity contribution in [3.05, 3.63) is 59.7 Å². The van der Waals surface area contributed by atoms with Gasteiger partial charge in [-0.25, -0.2) is 0 Å². The number of hydrazine groups is 1. The number of carbonyl (C=O) groups excluding carboxylic acids is 2. The number of nitrogens with one attached hydrogen (secondary N) is 2. The second-order valence-corrected chi connectivity index (χ2v) is 6.81. The molecule has 2 aromatic carbocycles. The summed E-state index contributed by atoms with van der Waals surface area (Å²) in [6, 6.07) is 14.6. The standard InChI is InChI=1S/C22H26N2O4/c1-2-27-19-11-13-20(14-12-19)28-15-16-7-9-18(10-8-16)22(26)24-23-21(25)17-5-3-4-6-17/h7-14,17H,2-6,15H2,1H3,(H,23,25)(H,24,26). The molecular weight excluding hydrogens is 356 g/mol. The average Bonchev–Trinajstić information content (AvgIpc) is 3.27. The van der Waals surface area contributed by atoms with Crippen molar-refractivity contribution in [2.75, 3.05) is 6.61 Å². The molecule has 1 aliphatic rings. The first-order valence-electron chi connectivity index (χ1n) is 9.70. The Morgan fingerprint density at radius 2 is 1.50 bits per heavy atom. The molecule has 2 N–H and O–H groups in total. The molecule has 1 aliphatic carbocycles.